The van der Waals surface area contributed by atoms with Gasteiger partial charge in [-0.25, -0.2) is 4.98 Å². The van der Waals surface area contributed by atoms with Gasteiger partial charge in [0.15, 0.2) is 0 Å². The van der Waals surface area contributed by atoms with Gasteiger partial charge >= 0.3 is 10.5 Å². The number of pyridine rings is 2. The van der Waals surface area contributed by atoms with Crippen molar-refractivity contribution < 1.29 is 8.42 Å². The Morgan fingerprint density at radius 3 is 2.55 bits per heavy atom. The van der Waals surface area contributed by atoms with Crippen LogP contribution in [0.5, 0.6) is 0 Å². The van der Waals surface area contributed by atoms with Gasteiger partial charge in [0.1, 0.15) is 5.69 Å². The summed E-state index contributed by atoms with van der Waals surface area (Å²) in [4.78, 5) is 8.70. The van der Waals surface area contributed by atoms with E-state index in [1.54, 1.807) is 18.3 Å². The molecule has 5 nitrogen and oxygen atoms in total. The minimum Gasteiger partial charge on any atom is -0.255 e. The second-order valence-corrected chi connectivity index (χ2v) is 4.69. The fraction of sp³-hybridized carbons (Fsp3) is 0. The molecule has 0 radical (unpaired) electrons. The second kappa shape index (κ2) is 5.18. The van der Waals surface area contributed by atoms with Gasteiger partial charge in [-0.1, -0.05) is 24.3 Å². The average molecular weight is 283 g/mol. The Bertz CT molecular complexity index is 898. The summed E-state index contributed by atoms with van der Waals surface area (Å²) in [6.45, 7) is 0. The molecule has 2 heterocycles. The Balaban J connectivity index is 2.27. The van der Waals surface area contributed by atoms with Gasteiger partial charge in [-0.15, -0.1) is 4.36 Å². The summed E-state index contributed by atoms with van der Waals surface area (Å²) >= 11 is 0. The Labute approximate surface area is 116 Å². The average Bonchev–Trinajstić information content (AvgIpc) is 2.47. The van der Waals surface area contributed by atoms with E-state index in [1.807, 2.05) is 36.4 Å². The van der Waals surface area contributed by atoms with Crippen molar-refractivity contribution in [1.82, 2.24) is 9.97 Å². The van der Waals surface area contributed by atoms with Crippen LogP contribution in [-0.2, 0) is 10.5 Å². The summed E-state index contributed by atoms with van der Waals surface area (Å²) < 4.78 is 25.1. The summed E-state index contributed by atoms with van der Waals surface area (Å²) in [7, 11) is -2.50. The lowest BCUT2D eigenvalue weighted by Gasteiger charge is -2.03. The Morgan fingerprint density at radius 1 is 0.900 bits per heavy atom. The first kappa shape index (κ1) is 12.4. The Kier molecular flexibility index (Phi) is 3.22. The summed E-state index contributed by atoms with van der Waals surface area (Å²) in [6.07, 6.45) is 1.68. The molecule has 0 saturated carbocycles. The van der Waals surface area contributed by atoms with Crippen LogP contribution in [0.15, 0.2) is 59.1 Å². The molecule has 0 fully saturated rings. The third-order valence-electron chi connectivity index (χ3n) is 2.80. The van der Waals surface area contributed by atoms with Gasteiger partial charge in [0.2, 0.25) is 0 Å². The third-order valence-corrected chi connectivity index (χ3v) is 3.14. The maximum atomic E-state index is 10.8. The molecular weight excluding hydrogens is 274 g/mol. The minimum atomic E-state index is -2.50. The lowest BCUT2D eigenvalue weighted by molar-refractivity contribution is 0.622. The number of para-hydroxylation sites is 1. The highest BCUT2D eigenvalue weighted by Gasteiger charge is 2.05. The fourth-order valence-electron chi connectivity index (χ4n) is 1.94. The van der Waals surface area contributed by atoms with Gasteiger partial charge in [-0.05, 0) is 24.3 Å². The molecule has 0 aliphatic carbocycles. The topological polar surface area (TPSA) is 72.3 Å². The van der Waals surface area contributed by atoms with Crippen LogP contribution in [0.2, 0.25) is 0 Å². The highest BCUT2D eigenvalue weighted by atomic mass is 32.2. The molecule has 1 aromatic carbocycles. The van der Waals surface area contributed by atoms with Gasteiger partial charge in [0, 0.05) is 11.6 Å². The molecular formula is C14H9N3O2S. The van der Waals surface area contributed by atoms with Gasteiger partial charge < -0.3 is 0 Å². The van der Waals surface area contributed by atoms with Crippen molar-refractivity contribution in [3.63, 3.8) is 0 Å². The number of benzene rings is 1. The summed E-state index contributed by atoms with van der Waals surface area (Å²) in [5.74, 6) is 0. The highest BCUT2D eigenvalue weighted by Crippen LogP contribution is 2.26. The normalized spacial score (nSPS) is 10.4. The first-order chi connectivity index (χ1) is 9.74. The molecule has 0 aliphatic rings. The van der Waals surface area contributed by atoms with Gasteiger partial charge in [-0.3, -0.25) is 4.98 Å². The molecule has 0 spiro atoms. The zero-order valence-corrected chi connectivity index (χ0v) is 11.1. The molecule has 0 aliphatic heterocycles. The summed E-state index contributed by atoms with van der Waals surface area (Å²) in [5, 5.41) is 0.830. The second-order valence-electron chi connectivity index (χ2n) is 4.07. The summed E-state index contributed by atoms with van der Waals surface area (Å²) in [5.41, 5.74) is 2.28. The van der Waals surface area contributed by atoms with Crippen molar-refractivity contribution in [1.29, 1.82) is 0 Å². The molecule has 0 atom stereocenters. The highest BCUT2D eigenvalue weighted by molar-refractivity contribution is 7.61. The summed E-state index contributed by atoms with van der Waals surface area (Å²) in [6, 6.07) is 14.5. The van der Waals surface area contributed by atoms with E-state index in [1.165, 1.54) is 0 Å². The van der Waals surface area contributed by atoms with Gasteiger partial charge in [0.05, 0.1) is 16.9 Å². The Morgan fingerprint density at radius 2 is 1.80 bits per heavy atom. The van der Waals surface area contributed by atoms with Crippen molar-refractivity contribution in [2.24, 2.45) is 4.36 Å². The van der Waals surface area contributed by atoms with E-state index in [0.29, 0.717) is 16.9 Å². The molecule has 3 rings (SSSR count). The molecule has 0 unspecified atom stereocenters. The van der Waals surface area contributed by atoms with Crippen molar-refractivity contribution in [2.75, 3.05) is 0 Å². The van der Waals surface area contributed by atoms with E-state index >= 15 is 0 Å². The van der Waals surface area contributed by atoms with E-state index < -0.39 is 10.5 Å². The maximum absolute atomic E-state index is 10.8. The maximum Gasteiger partial charge on any atom is 0.316 e. The molecule has 0 bridgehead atoms. The minimum absolute atomic E-state index is 0.327. The molecule has 0 saturated heterocycles. The third kappa shape index (κ3) is 2.41. The number of nitrogens with zero attached hydrogens (tertiary/aromatic N) is 3. The number of hydrogen-bond acceptors (Lipinski definition) is 5. The van der Waals surface area contributed by atoms with Crippen LogP contribution in [0.3, 0.4) is 0 Å². The van der Waals surface area contributed by atoms with Crippen molar-refractivity contribution in [3.05, 3.63) is 54.7 Å². The van der Waals surface area contributed by atoms with Crippen LogP contribution in [0.4, 0.5) is 5.69 Å². The molecule has 3 aromatic rings. The van der Waals surface area contributed by atoms with E-state index in [2.05, 4.69) is 14.3 Å². The van der Waals surface area contributed by atoms with Crippen LogP contribution in [0.25, 0.3) is 22.3 Å². The molecule has 6 heteroatoms. The van der Waals surface area contributed by atoms with E-state index in [9.17, 15) is 8.42 Å². The lowest BCUT2D eigenvalue weighted by Crippen LogP contribution is -1.88. The zero-order chi connectivity index (χ0) is 13.9. The molecule has 2 aromatic heterocycles. The molecule has 20 heavy (non-hydrogen) atoms. The number of hydrogen-bond donors (Lipinski definition) is 0. The van der Waals surface area contributed by atoms with Gasteiger partial charge in [-0.2, -0.15) is 8.42 Å². The van der Waals surface area contributed by atoms with E-state index in [-0.39, 0.29) is 0 Å². The van der Waals surface area contributed by atoms with Crippen LogP contribution < -0.4 is 0 Å². The smallest absolute Gasteiger partial charge is 0.255 e. The standard InChI is InChI=1S/C14H9N3O2S/c18-20(19)17-13-6-3-4-10-7-8-12(16-14(10)13)11-5-1-2-9-15-11/h1-9H. The zero-order valence-electron chi connectivity index (χ0n) is 10.3. The predicted molar refractivity (Wildman–Crippen MR) is 76.0 cm³/mol. The van der Waals surface area contributed by atoms with Crippen LogP contribution in [0, 0.1) is 0 Å². The van der Waals surface area contributed by atoms with Gasteiger partial charge in [0.25, 0.3) is 0 Å². The lowest BCUT2D eigenvalue weighted by atomic mass is 10.1. The number of aromatic nitrogens is 2. The SMILES string of the molecule is O=S(=O)=Nc1cccc2ccc(-c3ccccn3)nc12. The first-order valence-electron chi connectivity index (χ1n) is 5.86. The fourth-order valence-corrected chi connectivity index (χ4v) is 2.25. The largest absolute Gasteiger partial charge is 0.316 e. The van der Waals surface area contributed by atoms with Crippen molar-refractivity contribution in [2.45, 2.75) is 0 Å². The Hall–Kier alpha value is -2.60. The van der Waals surface area contributed by atoms with Crippen LogP contribution in [-0.4, -0.2) is 18.4 Å². The molecule has 98 valence electrons. The van der Waals surface area contributed by atoms with E-state index in [0.717, 1.165) is 11.1 Å². The van der Waals surface area contributed by atoms with Crippen LogP contribution in [0.1, 0.15) is 0 Å². The number of rotatable bonds is 2. The quantitative estimate of drug-likeness (QED) is 0.724. The monoisotopic (exact) mass is 283 g/mol. The van der Waals surface area contributed by atoms with Crippen molar-refractivity contribution in [3.8, 4) is 11.4 Å². The van der Waals surface area contributed by atoms with E-state index in [4.69, 9.17) is 0 Å². The molecule has 0 N–H and O–H groups in total. The number of fused-ring (bicyclic) bond motifs is 1. The van der Waals surface area contributed by atoms with Crippen molar-refractivity contribution >= 4 is 27.1 Å². The molecule has 0 amide bonds. The first-order valence-corrected chi connectivity index (χ1v) is 6.89. The predicted octanol–water partition coefficient (Wildman–Crippen LogP) is 2.99. The van der Waals surface area contributed by atoms with Crippen LogP contribution >= 0.6 is 0 Å².